The van der Waals surface area contributed by atoms with Crippen molar-refractivity contribution >= 4 is 31.6 Å². The van der Waals surface area contributed by atoms with Crippen molar-refractivity contribution in [2.45, 2.75) is 0 Å². The molecule has 3 nitrogen and oxygen atoms in total. The van der Waals surface area contributed by atoms with E-state index in [9.17, 15) is 0 Å². The first kappa shape index (κ1) is 11.7. The second-order valence-corrected chi connectivity index (χ2v) is 6.40. The first-order chi connectivity index (χ1) is 8.95. The quantitative estimate of drug-likeness (QED) is 0.625. The third kappa shape index (κ3) is 2.40. The van der Waals surface area contributed by atoms with Gasteiger partial charge in [-0.15, -0.1) is 0 Å². The van der Waals surface area contributed by atoms with Crippen molar-refractivity contribution in [1.29, 1.82) is 0 Å². The Morgan fingerprint density at radius 1 is 1.06 bits per heavy atom. The van der Waals surface area contributed by atoms with Gasteiger partial charge in [-0.2, -0.15) is 0 Å². The summed E-state index contributed by atoms with van der Waals surface area (Å²) >= 11 is 1.51. The van der Waals surface area contributed by atoms with Gasteiger partial charge in [-0.05, 0) is 0 Å². The molecule has 3 rings (SSSR count). The van der Waals surface area contributed by atoms with Crippen LogP contribution in [-0.4, -0.2) is 19.6 Å². The maximum absolute atomic E-state index is 5.64. The molecule has 0 bridgehead atoms. The van der Waals surface area contributed by atoms with Gasteiger partial charge in [-0.3, -0.25) is 0 Å². The van der Waals surface area contributed by atoms with Crippen LogP contribution in [0.1, 0.15) is 0 Å². The minimum atomic E-state index is -0.00523. The van der Waals surface area contributed by atoms with Crippen LogP contribution in [0.15, 0.2) is 70.4 Å². The van der Waals surface area contributed by atoms with Crippen molar-refractivity contribution in [3.05, 3.63) is 70.4 Å². The molecule has 0 amide bonds. The molecule has 90 valence electrons. The van der Waals surface area contributed by atoms with E-state index in [0.29, 0.717) is 0 Å². The molecule has 0 saturated carbocycles. The number of rotatable bonds is 2. The van der Waals surface area contributed by atoms with Gasteiger partial charge in [0.2, 0.25) is 0 Å². The van der Waals surface area contributed by atoms with Crippen LogP contribution < -0.4 is 4.72 Å². The zero-order valence-electron chi connectivity index (χ0n) is 9.37. The Kier molecular flexibility index (Phi) is 3.58. The first-order valence-corrected chi connectivity index (χ1v) is 8.28. The molecule has 5 heteroatoms. The molecule has 0 spiro atoms. The number of nitrogens with one attached hydrogen (secondary N) is 1. The van der Waals surface area contributed by atoms with E-state index >= 15 is 0 Å². The summed E-state index contributed by atoms with van der Waals surface area (Å²) in [6.45, 7) is 0. The number of hydrogen-bond donors (Lipinski definition) is 1. The van der Waals surface area contributed by atoms with Gasteiger partial charge in [-0.1, -0.05) is 0 Å². The van der Waals surface area contributed by atoms with Gasteiger partial charge < -0.3 is 0 Å². The molecule has 0 aromatic heterocycles. The number of hydrogen-bond acceptors (Lipinski definition) is 4. The van der Waals surface area contributed by atoms with E-state index < -0.39 is 0 Å². The van der Waals surface area contributed by atoms with E-state index in [-0.39, 0.29) is 15.3 Å². The summed E-state index contributed by atoms with van der Waals surface area (Å²) in [5, 5.41) is 1.98. The molecule has 0 saturated heterocycles. The van der Waals surface area contributed by atoms with Gasteiger partial charge in [-0.25, -0.2) is 0 Å². The predicted molar refractivity (Wildman–Crippen MR) is 75.3 cm³/mol. The van der Waals surface area contributed by atoms with Gasteiger partial charge in [0.15, 0.2) is 0 Å². The van der Waals surface area contributed by atoms with E-state index in [4.69, 9.17) is 9.47 Å². The third-order valence-electron chi connectivity index (χ3n) is 2.35. The fraction of sp³-hybridized carbons (Fsp3) is 0. The third-order valence-corrected chi connectivity index (χ3v) is 4.98. The maximum atomic E-state index is 5.64. The van der Waals surface area contributed by atoms with Crippen LogP contribution in [-0.2, 0) is 9.47 Å². The van der Waals surface area contributed by atoms with E-state index in [2.05, 4.69) is 21.7 Å². The first-order valence-electron chi connectivity index (χ1n) is 5.38. The van der Waals surface area contributed by atoms with Crippen molar-refractivity contribution in [1.82, 2.24) is 4.72 Å². The standard InChI is InChI=1S/C13H10AsNO2S/c1-2-6-14-10(4-1)12-13(17-8-7-16-12)11-5-3-9-18-15-11/h1-9,15H. The molecule has 1 N–H and O–H groups in total. The van der Waals surface area contributed by atoms with Crippen LogP contribution in [0.3, 0.4) is 0 Å². The number of ether oxygens (including phenoxy) is 2. The van der Waals surface area contributed by atoms with E-state index in [1.54, 1.807) is 12.5 Å². The SMILES string of the molecule is C1=CSNC(C2=C(C3=[As]C=CC=C3)OC=CO2)=C1. The average Bonchev–Trinajstić information content (AvgIpc) is 2.49. The molecular weight excluding hydrogens is 309 g/mol. The molecule has 0 fully saturated rings. The van der Waals surface area contributed by atoms with Crippen molar-refractivity contribution in [2.24, 2.45) is 0 Å². The Bertz CT molecular complexity index is 568. The summed E-state index contributed by atoms with van der Waals surface area (Å²) < 4.78 is 15.7. The summed E-state index contributed by atoms with van der Waals surface area (Å²) in [5.41, 5.74) is 0.929. The van der Waals surface area contributed by atoms with Crippen LogP contribution >= 0.6 is 11.9 Å². The second-order valence-electron chi connectivity index (χ2n) is 3.51. The Hall–Kier alpha value is -1.38. The van der Waals surface area contributed by atoms with Gasteiger partial charge in [0.25, 0.3) is 0 Å². The van der Waals surface area contributed by atoms with Crippen LogP contribution in [0.2, 0.25) is 0 Å². The van der Waals surface area contributed by atoms with E-state index in [1.165, 1.54) is 16.3 Å². The van der Waals surface area contributed by atoms with E-state index in [0.717, 1.165) is 17.2 Å². The van der Waals surface area contributed by atoms with Crippen molar-refractivity contribution < 1.29 is 9.47 Å². The Morgan fingerprint density at radius 2 is 1.94 bits per heavy atom. The zero-order valence-corrected chi connectivity index (χ0v) is 12.1. The summed E-state index contributed by atoms with van der Waals surface area (Å²) in [5.74, 6) is 1.56. The molecule has 0 radical (unpaired) electrons. The molecule has 0 aliphatic carbocycles. The molecule has 3 aliphatic rings. The molecule has 3 heterocycles. The molecule has 3 aliphatic heterocycles. The molecule has 0 aromatic carbocycles. The molecule has 0 aromatic rings. The molecular formula is C13H10AsNO2S. The zero-order chi connectivity index (χ0) is 12.2. The van der Waals surface area contributed by atoms with Crippen molar-refractivity contribution in [3.8, 4) is 0 Å². The Balaban J connectivity index is 2.01. The second kappa shape index (κ2) is 5.51. The van der Waals surface area contributed by atoms with Crippen molar-refractivity contribution in [2.75, 3.05) is 0 Å². The van der Waals surface area contributed by atoms with Gasteiger partial charge in [0, 0.05) is 0 Å². The van der Waals surface area contributed by atoms with E-state index in [1.807, 2.05) is 23.6 Å². The summed E-state index contributed by atoms with van der Waals surface area (Å²) in [6, 6.07) is 0. The fourth-order valence-corrected chi connectivity index (χ4v) is 3.76. The Morgan fingerprint density at radius 3 is 2.67 bits per heavy atom. The van der Waals surface area contributed by atoms with Gasteiger partial charge in [0.05, 0.1) is 0 Å². The van der Waals surface area contributed by atoms with Crippen molar-refractivity contribution in [3.63, 3.8) is 0 Å². The van der Waals surface area contributed by atoms with Gasteiger partial charge in [0.1, 0.15) is 0 Å². The predicted octanol–water partition coefficient (Wildman–Crippen LogP) is 2.33. The topological polar surface area (TPSA) is 30.5 Å². The fourth-order valence-electron chi connectivity index (χ4n) is 1.59. The summed E-state index contributed by atoms with van der Waals surface area (Å²) in [6.07, 6.45) is 13.3. The number of allylic oxidation sites excluding steroid dienone is 5. The van der Waals surface area contributed by atoms with Crippen LogP contribution in [0.5, 0.6) is 0 Å². The Labute approximate surface area is 116 Å². The molecule has 0 atom stereocenters. The minimum absolute atomic E-state index is 0.00523. The van der Waals surface area contributed by atoms with Crippen LogP contribution in [0.4, 0.5) is 0 Å². The van der Waals surface area contributed by atoms with Gasteiger partial charge >= 0.3 is 116 Å². The summed E-state index contributed by atoms with van der Waals surface area (Å²) in [4.78, 5) is 2.19. The van der Waals surface area contributed by atoms with Crippen LogP contribution in [0.25, 0.3) is 0 Å². The normalized spacial score (nSPS) is 21.8. The molecule has 18 heavy (non-hydrogen) atoms. The summed E-state index contributed by atoms with van der Waals surface area (Å²) in [7, 11) is 0. The molecule has 0 unspecified atom stereocenters. The average molecular weight is 319 g/mol. The monoisotopic (exact) mass is 319 g/mol. The van der Waals surface area contributed by atoms with Crippen LogP contribution in [0, 0.1) is 0 Å².